The number of carbonyl (C=O) groups is 1. The second-order valence-electron chi connectivity index (χ2n) is 7.76. The molecule has 158 valence electrons. The Morgan fingerprint density at radius 3 is 2.33 bits per heavy atom. The van der Waals surface area contributed by atoms with E-state index in [2.05, 4.69) is 10.4 Å². The lowest BCUT2D eigenvalue weighted by Gasteiger charge is -2.20. The zero-order valence-electron chi connectivity index (χ0n) is 16.7. The van der Waals surface area contributed by atoms with Crippen LogP contribution >= 0.6 is 0 Å². The van der Waals surface area contributed by atoms with Gasteiger partial charge in [-0.15, -0.1) is 0 Å². The van der Waals surface area contributed by atoms with Gasteiger partial charge in [-0.25, -0.2) is 0 Å². The van der Waals surface area contributed by atoms with Gasteiger partial charge in [-0.1, -0.05) is 12.1 Å². The summed E-state index contributed by atoms with van der Waals surface area (Å²) in [7, 11) is 0. The number of nitrogens with zero attached hydrogens (tertiary/aromatic N) is 3. The molecule has 1 aromatic carbocycles. The molecule has 0 aliphatic heterocycles. The van der Waals surface area contributed by atoms with Gasteiger partial charge in [-0.05, 0) is 62.6 Å². The third-order valence-corrected chi connectivity index (χ3v) is 5.45. The Morgan fingerprint density at radius 2 is 1.77 bits per heavy atom. The van der Waals surface area contributed by atoms with Gasteiger partial charge >= 0.3 is 6.18 Å². The van der Waals surface area contributed by atoms with Crippen molar-refractivity contribution in [2.45, 2.75) is 50.9 Å². The van der Waals surface area contributed by atoms with Gasteiger partial charge in [0.15, 0.2) is 5.69 Å². The molecule has 1 N–H and O–H groups in total. The van der Waals surface area contributed by atoms with Crippen molar-refractivity contribution >= 4 is 5.91 Å². The topological polar surface area (TPSA) is 51.9 Å². The molecule has 30 heavy (non-hydrogen) atoms. The first-order chi connectivity index (χ1) is 14.2. The van der Waals surface area contributed by atoms with Crippen molar-refractivity contribution in [3.05, 3.63) is 71.8 Å². The van der Waals surface area contributed by atoms with Gasteiger partial charge in [0.1, 0.15) is 6.04 Å². The Hall–Kier alpha value is -3.03. The summed E-state index contributed by atoms with van der Waals surface area (Å²) in [5.41, 5.74) is 1.44. The van der Waals surface area contributed by atoms with E-state index in [9.17, 15) is 18.0 Å². The van der Waals surface area contributed by atoms with Crippen molar-refractivity contribution in [1.29, 1.82) is 0 Å². The largest absolute Gasteiger partial charge is 0.435 e. The van der Waals surface area contributed by atoms with E-state index < -0.39 is 17.9 Å². The second kappa shape index (κ2) is 7.66. The molecule has 0 radical (unpaired) electrons. The van der Waals surface area contributed by atoms with E-state index in [1.165, 1.54) is 4.68 Å². The van der Waals surface area contributed by atoms with E-state index in [1.54, 1.807) is 6.92 Å². The Bertz CT molecular complexity index is 1020. The normalized spacial score (nSPS) is 16.3. The molecule has 0 bridgehead atoms. The van der Waals surface area contributed by atoms with Crippen LogP contribution in [0.25, 0.3) is 5.69 Å². The molecule has 0 spiro atoms. The van der Waals surface area contributed by atoms with Crippen molar-refractivity contribution in [2.75, 3.05) is 0 Å². The minimum atomic E-state index is -4.53. The predicted molar refractivity (Wildman–Crippen MR) is 106 cm³/mol. The molecule has 2 aromatic heterocycles. The molecule has 5 nitrogen and oxygen atoms in total. The first-order valence-electron chi connectivity index (χ1n) is 9.94. The summed E-state index contributed by atoms with van der Waals surface area (Å²) in [5, 5.41) is 6.61. The highest BCUT2D eigenvalue weighted by molar-refractivity contribution is 5.80. The van der Waals surface area contributed by atoms with Gasteiger partial charge in [-0.2, -0.15) is 18.3 Å². The van der Waals surface area contributed by atoms with Crippen molar-refractivity contribution in [1.82, 2.24) is 19.7 Å². The van der Waals surface area contributed by atoms with E-state index in [0.29, 0.717) is 5.69 Å². The lowest BCUT2D eigenvalue weighted by molar-refractivity contribution is -0.142. The number of halogens is 3. The quantitative estimate of drug-likeness (QED) is 0.614. The summed E-state index contributed by atoms with van der Waals surface area (Å²) in [6.45, 7) is 3.43. The number of nitrogens with one attached hydrogen (secondary N) is 1. The van der Waals surface area contributed by atoms with Gasteiger partial charge < -0.3 is 9.88 Å². The van der Waals surface area contributed by atoms with Crippen molar-refractivity contribution in [3.8, 4) is 5.69 Å². The van der Waals surface area contributed by atoms with Crippen LogP contribution in [0.1, 0.15) is 61.6 Å². The molecule has 4 rings (SSSR count). The molecule has 1 aliphatic rings. The first kappa shape index (κ1) is 20.3. The lowest BCUT2D eigenvalue weighted by Crippen LogP contribution is -2.34. The number of aromatic nitrogens is 3. The minimum Gasteiger partial charge on any atom is -0.348 e. The van der Waals surface area contributed by atoms with Crippen LogP contribution in [0.3, 0.4) is 0 Å². The summed E-state index contributed by atoms with van der Waals surface area (Å²) in [6.07, 6.45) is 1.00. The SMILES string of the molecule is CC(NC(=O)C(C)n1nc(C(F)(F)F)cc1C1CC1)c1ccc(-n2cccc2)cc1. The van der Waals surface area contributed by atoms with Crippen LogP contribution in [-0.2, 0) is 11.0 Å². The van der Waals surface area contributed by atoms with Crippen LogP contribution in [0.2, 0.25) is 0 Å². The summed E-state index contributed by atoms with van der Waals surface area (Å²) in [4.78, 5) is 12.8. The molecule has 2 atom stereocenters. The molecule has 8 heteroatoms. The van der Waals surface area contributed by atoms with E-state index in [0.717, 1.165) is 30.2 Å². The zero-order valence-corrected chi connectivity index (χ0v) is 16.7. The van der Waals surface area contributed by atoms with Crippen LogP contribution in [0.15, 0.2) is 54.9 Å². The Kier molecular flexibility index (Phi) is 5.17. The predicted octanol–water partition coefficient (Wildman–Crippen LogP) is 5.01. The number of amides is 1. The third-order valence-electron chi connectivity index (χ3n) is 5.45. The van der Waals surface area contributed by atoms with Gasteiger partial charge in [0.25, 0.3) is 0 Å². The van der Waals surface area contributed by atoms with Crippen LogP contribution in [-0.4, -0.2) is 20.3 Å². The second-order valence-corrected chi connectivity index (χ2v) is 7.76. The molecular weight excluding hydrogens is 393 g/mol. The van der Waals surface area contributed by atoms with Crippen molar-refractivity contribution in [3.63, 3.8) is 0 Å². The standard InChI is InChI=1S/C22H23F3N4O/c1-14(16-7-9-18(10-8-16)28-11-3-4-12-28)26-21(30)15(2)29-19(17-5-6-17)13-20(27-29)22(23,24)25/h3-4,7-15,17H,5-6H2,1-2H3,(H,26,30). The third kappa shape index (κ3) is 4.13. The molecule has 1 saturated carbocycles. The molecule has 1 aliphatic carbocycles. The number of hydrogen-bond acceptors (Lipinski definition) is 2. The van der Waals surface area contributed by atoms with Crippen LogP contribution < -0.4 is 5.32 Å². The highest BCUT2D eigenvalue weighted by atomic mass is 19.4. The number of carbonyl (C=O) groups excluding carboxylic acids is 1. The molecule has 0 saturated heterocycles. The first-order valence-corrected chi connectivity index (χ1v) is 9.94. The van der Waals surface area contributed by atoms with E-state index in [4.69, 9.17) is 0 Å². The maximum atomic E-state index is 13.1. The Balaban J connectivity index is 1.47. The van der Waals surface area contributed by atoms with E-state index in [1.807, 2.05) is 60.3 Å². The zero-order chi connectivity index (χ0) is 21.5. The fourth-order valence-electron chi connectivity index (χ4n) is 3.51. The maximum absolute atomic E-state index is 13.1. The minimum absolute atomic E-state index is 0.0440. The van der Waals surface area contributed by atoms with Gasteiger partial charge in [0.2, 0.25) is 5.91 Å². The smallest absolute Gasteiger partial charge is 0.348 e. The lowest BCUT2D eigenvalue weighted by atomic mass is 10.1. The average molecular weight is 416 g/mol. The van der Waals surface area contributed by atoms with Crippen LogP contribution in [0.4, 0.5) is 13.2 Å². The average Bonchev–Trinajstić information content (AvgIpc) is 3.22. The summed E-state index contributed by atoms with van der Waals surface area (Å²) in [6, 6.07) is 11.6. The Labute approximate surface area is 172 Å². The highest BCUT2D eigenvalue weighted by Gasteiger charge is 2.39. The molecule has 1 fully saturated rings. The summed E-state index contributed by atoms with van der Waals surface area (Å²) < 4.78 is 42.6. The number of alkyl halides is 3. The highest BCUT2D eigenvalue weighted by Crippen LogP contribution is 2.43. The number of hydrogen-bond donors (Lipinski definition) is 1. The van der Waals surface area contributed by atoms with Crippen molar-refractivity contribution in [2.24, 2.45) is 0 Å². The number of rotatable bonds is 6. The molecule has 1 amide bonds. The van der Waals surface area contributed by atoms with Crippen LogP contribution in [0, 0.1) is 0 Å². The molecule has 2 heterocycles. The number of benzene rings is 1. The Morgan fingerprint density at radius 1 is 1.13 bits per heavy atom. The van der Waals surface area contributed by atoms with E-state index in [-0.39, 0.29) is 17.9 Å². The monoisotopic (exact) mass is 416 g/mol. The fraction of sp³-hybridized carbons (Fsp3) is 0.364. The van der Waals surface area contributed by atoms with Gasteiger partial charge in [0, 0.05) is 29.7 Å². The molecule has 2 unspecified atom stereocenters. The van der Waals surface area contributed by atoms with Crippen molar-refractivity contribution < 1.29 is 18.0 Å². The summed E-state index contributed by atoms with van der Waals surface area (Å²) in [5.74, 6) is -0.321. The van der Waals surface area contributed by atoms with Gasteiger partial charge in [-0.3, -0.25) is 9.48 Å². The molecule has 3 aromatic rings. The maximum Gasteiger partial charge on any atom is 0.435 e. The van der Waals surface area contributed by atoms with E-state index >= 15 is 0 Å². The van der Waals surface area contributed by atoms with Gasteiger partial charge in [0.05, 0.1) is 6.04 Å². The summed E-state index contributed by atoms with van der Waals surface area (Å²) >= 11 is 0. The fourth-order valence-corrected chi connectivity index (χ4v) is 3.51. The molecular formula is C22H23F3N4O. The van der Waals surface area contributed by atoms with Crippen LogP contribution in [0.5, 0.6) is 0 Å².